The number of nitrogens with zero attached hydrogens (tertiary/aromatic N) is 2. The van der Waals surface area contributed by atoms with Gasteiger partial charge >= 0.3 is 0 Å². The Kier molecular flexibility index (Phi) is 2.37. The molecule has 0 aliphatic heterocycles. The lowest BCUT2D eigenvalue weighted by Gasteiger charge is -2.03. The molecule has 1 aromatic heterocycles. The van der Waals surface area contributed by atoms with E-state index in [2.05, 4.69) is 26.2 Å². The third-order valence-corrected chi connectivity index (χ3v) is 2.33. The quantitative estimate of drug-likeness (QED) is 0.513. The van der Waals surface area contributed by atoms with Crippen LogP contribution in [0.15, 0.2) is 16.7 Å². The molecule has 0 spiro atoms. The molecule has 6 heteroatoms. The maximum absolute atomic E-state index is 10.5. The molecular formula is C8H8BrN3O2. The number of aromatic nitrogens is 1. The van der Waals surface area contributed by atoms with Gasteiger partial charge in [0.1, 0.15) is 10.4 Å². The zero-order chi connectivity index (χ0) is 10.1. The van der Waals surface area contributed by atoms with Crippen LogP contribution in [0.3, 0.4) is 0 Å². The monoisotopic (exact) mass is 257 g/mol. The van der Waals surface area contributed by atoms with Crippen LogP contribution in [0.5, 0.6) is 0 Å². The molecule has 1 heterocycles. The minimum absolute atomic E-state index is 0.0509. The fourth-order valence-corrected chi connectivity index (χ4v) is 1.53. The molecule has 0 aromatic carbocycles. The van der Waals surface area contributed by atoms with Crippen molar-refractivity contribution in [3.05, 3.63) is 26.9 Å². The molecule has 0 unspecified atom stereocenters. The van der Waals surface area contributed by atoms with Crippen LogP contribution in [0.1, 0.15) is 12.8 Å². The van der Waals surface area contributed by atoms with Gasteiger partial charge in [0, 0.05) is 12.1 Å². The van der Waals surface area contributed by atoms with Crippen LogP contribution in [-0.4, -0.2) is 15.9 Å². The lowest BCUT2D eigenvalue weighted by Crippen LogP contribution is -2.03. The fraction of sp³-hybridized carbons (Fsp3) is 0.375. The van der Waals surface area contributed by atoms with Crippen molar-refractivity contribution < 1.29 is 4.92 Å². The second kappa shape index (κ2) is 3.53. The number of pyridine rings is 1. The third-order valence-electron chi connectivity index (χ3n) is 1.92. The summed E-state index contributed by atoms with van der Waals surface area (Å²) >= 11 is 3.14. The van der Waals surface area contributed by atoms with Crippen LogP contribution < -0.4 is 5.32 Å². The van der Waals surface area contributed by atoms with Crippen LogP contribution in [0.2, 0.25) is 0 Å². The minimum Gasteiger partial charge on any atom is -0.367 e. The van der Waals surface area contributed by atoms with Gasteiger partial charge in [0.05, 0.1) is 11.0 Å². The van der Waals surface area contributed by atoms with Crippen molar-refractivity contribution in [1.82, 2.24) is 4.98 Å². The molecule has 0 atom stereocenters. The zero-order valence-corrected chi connectivity index (χ0v) is 8.82. The predicted octanol–water partition coefficient (Wildman–Crippen LogP) is 2.33. The molecule has 0 radical (unpaired) electrons. The van der Waals surface area contributed by atoms with Crippen molar-refractivity contribution in [1.29, 1.82) is 0 Å². The molecule has 1 fully saturated rings. The molecule has 0 saturated heterocycles. The summed E-state index contributed by atoms with van der Waals surface area (Å²) in [5, 5.41) is 13.6. The van der Waals surface area contributed by atoms with Gasteiger partial charge in [-0.05, 0) is 28.8 Å². The van der Waals surface area contributed by atoms with Crippen molar-refractivity contribution in [3.8, 4) is 0 Å². The molecule has 14 heavy (non-hydrogen) atoms. The first-order valence-corrected chi connectivity index (χ1v) is 5.03. The van der Waals surface area contributed by atoms with Gasteiger partial charge in [-0.2, -0.15) is 0 Å². The van der Waals surface area contributed by atoms with Crippen molar-refractivity contribution in [2.75, 3.05) is 5.32 Å². The molecule has 0 amide bonds. The van der Waals surface area contributed by atoms with Gasteiger partial charge in [0.15, 0.2) is 0 Å². The third kappa shape index (κ3) is 2.20. The van der Waals surface area contributed by atoms with E-state index in [1.54, 1.807) is 0 Å². The van der Waals surface area contributed by atoms with Crippen LogP contribution in [0, 0.1) is 10.1 Å². The van der Waals surface area contributed by atoms with Gasteiger partial charge in [-0.15, -0.1) is 0 Å². The van der Waals surface area contributed by atoms with Gasteiger partial charge in [-0.25, -0.2) is 4.98 Å². The molecule has 1 aromatic rings. The molecular weight excluding hydrogens is 250 g/mol. The lowest BCUT2D eigenvalue weighted by atomic mass is 10.4. The maximum atomic E-state index is 10.5. The first-order chi connectivity index (χ1) is 6.65. The van der Waals surface area contributed by atoms with Crippen LogP contribution in [0.4, 0.5) is 11.5 Å². The number of halogens is 1. The van der Waals surface area contributed by atoms with E-state index >= 15 is 0 Å². The zero-order valence-electron chi connectivity index (χ0n) is 7.24. The van der Waals surface area contributed by atoms with Gasteiger partial charge in [0.25, 0.3) is 5.69 Å². The number of rotatable bonds is 3. The molecule has 1 N–H and O–H groups in total. The summed E-state index contributed by atoms with van der Waals surface area (Å²) in [5.74, 6) is 0.563. The number of nitro groups is 1. The van der Waals surface area contributed by atoms with E-state index in [0.717, 1.165) is 12.8 Å². The number of hydrogen-bond donors (Lipinski definition) is 1. The summed E-state index contributed by atoms with van der Waals surface area (Å²) in [5.41, 5.74) is 0.0509. The molecule has 2 rings (SSSR count). The van der Waals surface area contributed by atoms with Crippen LogP contribution >= 0.6 is 15.9 Å². The summed E-state index contributed by atoms with van der Waals surface area (Å²) in [6, 6.07) is 3.28. The first kappa shape index (κ1) is 9.39. The topological polar surface area (TPSA) is 68.1 Å². The van der Waals surface area contributed by atoms with Crippen molar-refractivity contribution >= 4 is 27.4 Å². The Morgan fingerprint density at radius 1 is 1.57 bits per heavy atom. The van der Waals surface area contributed by atoms with Crippen molar-refractivity contribution in [3.63, 3.8) is 0 Å². The lowest BCUT2D eigenvalue weighted by molar-refractivity contribution is -0.384. The average Bonchev–Trinajstić information content (AvgIpc) is 2.87. The fourth-order valence-electron chi connectivity index (χ4n) is 1.10. The van der Waals surface area contributed by atoms with Crippen LogP contribution in [-0.2, 0) is 0 Å². The summed E-state index contributed by atoms with van der Waals surface area (Å²) < 4.78 is 0.481. The highest BCUT2D eigenvalue weighted by molar-refractivity contribution is 9.10. The van der Waals surface area contributed by atoms with Gasteiger partial charge in [-0.3, -0.25) is 10.1 Å². The van der Waals surface area contributed by atoms with Crippen LogP contribution in [0.25, 0.3) is 0 Å². The summed E-state index contributed by atoms with van der Waals surface area (Å²) in [4.78, 5) is 14.2. The molecule has 1 saturated carbocycles. The van der Waals surface area contributed by atoms with E-state index in [9.17, 15) is 10.1 Å². The van der Waals surface area contributed by atoms with E-state index in [1.165, 1.54) is 12.1 Å². The summed E-state index contributed by atoms with van der Waals surface area (Å²) in [6.07, 6.45) is 2.23. The SMILES string of the molecule is O=[N+]([O-])c1cc(Br)nc(NC2CC2)c1. The second-order valence-corrected chi connectivity index (χ2v) is 4.02. The van der Waals surface area contributed by atoms with Crippen molar-refractivity contribution in [2.24, 2.45) is 0 Å². The Labute approximate surface area is 88.8 Å². The molecule has 1 aliphatic carbocycles. The van der Waals surface area contributed by atoms with E-state index < -0.39 is 4.92 Å². The average molecular weight is 258 g/mol. The number of hydrogen-bond acceptors (Lipinski definition) is 4. The summed E-state index contributed by atoms with van der Waals surface area (Å²) in [6.45, 7) is 0. The number of anilines is 1. The van der Waals surface area contributed by atoms with Crippen molar-refractivity contribution in [2.45, 2.75) is 18.9 Å². The van der Waals surface area contributed by atoms with E-state index in [1.807, 2.05) is 0 Å². The van der Waals surface area contributed by atoms with Gasteiger partial charge < -0.3 is 5.32 Å². The molecule has 0 bridgehead atoms. The highest BCUT2D eigenvalue weighted by Gasteiger charge is 2.22. The Bertz CT molecular complexity index is 379. The van der Waals surface area contributed by atoms with Gasteiger partial charge in [0.2, 0.25) is 0 Å². The number of nitrogens with one attached hydrogen (secondary N) is 1. The highest BCUT2D eigenvalue weighted by Crippen LogP contribution is 2.27. The highest BCUT2D eigenvalue weighted by atomic mass is 79.9. The Morgan fingerprint density at radius 2 is 2.29 bits per heavy atom. The van der Waals surface area contributed by atoms with E-state index in [-0.39, 0.29) is 5.69 Å². The second-order valence-electron chi connectivity index (χ2n) is 3.21. The summed E-state index contributed by atoms with van der Waals surface area (Å²) in [7, 11) is 0. The molecule has 74 valence electrons. The maximum Gasteiger partial charge on any atom is 0.275 e. The Morgan fingerprint density at radius 3 is 2.86 bits per heavy atom. The minimum atomic E-state index is -0.426. The predicted molar refractivity (Wildman–Crippen MR) is 55.2 cm³/mol. The first-order valence-electron chi connectivity index (χ1n) is 4.23. The largest absolute Gasteiger partial charge is 0.367 e. The normalized spacial score (nSPS) is 15.2. The Balaban J connectivity index is 2.25. The smallest absolute Gasteiger partial charge is 0.275 e. The molecule has 5 nitrogen and oxygen atoms in total. The van der Waals surface area contributed by atoms with Gasteiger partial charge in [-0.1, -0.05) is 0 Å². The standard InChI is InChI=1S/C8H8BrN3O2/c9-7-3-6(12(13)14)4-8(11-7)10-5-1-2-5/h3-5H,1-2H2,(H,10,11). The van der Waals surface area contributed by atoms with E-state index in [0.29, 0.717) is 16.5 Å². The van der Waals surface area contributed by atoms with E-state index in [4.69, 9.17) is 0 Å². The molecule has 1 aliphatic rings. The Hall–Kier alpha value is -1.17.